The van der Waals surface area contributed by atoms with Gasteiger partial charge in [-0.3, -0.25) is 0 Å². The Hall–Kier alpha value is -0.980. The summed E-state index contributed by atoms with van der Waals surface area (Å²) in [5.41, 5.74) is 1.62. The third-order valence-corrected chi connectivity index (χ3v) is 2.27. The van der Waals surface area contributed by atoms with Crippen LogP contribution in [0.2, 0.25) is 0 Å². The van der Waals surface area contributed by atoms with E-state index in [9.17, 15) is 0 Å². The molecule has 0 aromatic heterocycles. The molecule has 0 heterocycles. The summed E-state index contributed by atoms with van der Waals surface area (Å²) in [5, 5.41) is 0. The molecule has 1 rings (SSSR count). The van der Waals surface area contributed by atoms with Crippen LogP contribution in [0.4, 0.5) is 0 Å². The van der Waals surface area contributed by atoms with Crippen molar-refractivity contribution in [1.29, 1.82) is 0 Å². The van der Waals surface area contributed by atoms with Crippen molar-refractivity contribution in [2.24, 2.45) is 11.3 Å². The number of para-hydroxylation sites is 1. The smallest absolute Gasteiger partial charge is 0.122 e. The first-order valence-electron chi connectivity index (χ1n) is 6.09. The second-order valence-electron chi connectivity index (χ2n) is 6.05. The van der Waals surface area contributed by atoms with Crippen molar-refractivity contribution in [2.75, 3.05) is 6.61 Å². The highest BCUT2D eigenvalue weighted by Crippen LogP contribution is 2.27. The van der Waals surface area contributed by atoms with Crippen LogP contribution in [0, 0.1) is 11.3 Å². The van der Waals surface area contributed by atoms with E-state index >= 15 is 0 Å². The predicted molar refractivity (Wildman–Crippen MR) is 69.9 cm³/mol. The summed E-state index contributed by atoms with van der Waals surface area (Å²) in [5.74, 6) is 1.62. The van der Waals surface area contributed by atoms with Crippen LogP contribution in [0.3, 0.4) is 0 Å². The molecule has 16 heavy (non-hydrogen) atoms. The van der Waals surface area contributed by atoms with Crippen molar-refractivity contribution >= 4 is 0 Å². The summed E-state index contributed by atoms with van der Waals surface area (Å²) in [6, 6.07) is 8.37. The fourth-order valence-corrected chi connectivity index (χ4v) is 1.62. The highest BCUT2D eigenvalue weighted by atomic mass is 16.5. The van der Waals surface area contributed by atoms with Crippen molar-refractivity contribution in [1.82, 2.24) is 0 Å². The molecule has 0 fully saturated rings. The minimum Gasteiger partial charge on any atom is -0.493 e. The lowest BCUT2D eigenvalue weighted by Gasteiger charge is -2.20. The summed E-state index contributed by atoms with van der Waals surface area (Å²) in [4.78, 5) is 0. The van der Waals surface area contributed by atoms with E-state index in [1.54, 1.807) is 0 Å². The zero-order valence-corrected chi connectivity index (χ0v) is 11.2. The number of rotatable bonds is 4. The molecule has 0 saturated heterocycles. The number of hydrogen-bond acceptors (Lipinski definition) is 1. The van der Waals surface area contributed by atoms with Gasteiger partial charge >= 0.3 is 0 Å². The summed E-state index contributed by atoms with van der Waals surface area (Å²) in [7, 11) is 0. The first-order valence-corrected chi connectivity index (χ1v) is 6.09. The Morgan fingerprint density at radius 1 is 1.12 bits per heavy atom. The molecule has 0 saturated carbocycles. The Kier molecular flexibility index (Phi) is 4.40. The molecular formula is C15H24O. The zero-order valence-electron chi connectivity index (χ0n) is 11.2. The van der Waals surface area contributed by atoms with Crippen LogP contribution in [0.15, 0.2) is 24.3 Å². The molecule has 1 aromatic carbocycles. The van der Waals surface area contributed by atoms with Crippen LogP contribution in [0.25, 0.3) is 0 Å². The van der Waals surface area contributed by atoms with Crippen LogP contribution in [0.1, 0.15) is 40.2 Å². The average Bonchev–Trinajstić information content (AvgIpc) is 2.14. The third kappa shape index (κ3) is 4.69. The SMILES string of the molecule is CC(C)COc1ccccc1CC(C)(C)C. The summed E-state index contributed by atoms with van der Waals surface area (Å²) >= 11 is 0. The minimum atomic E-state index is 0.303. The highest BCUT2D eigenvalue weighted by molar-refractivity contribution is 5.34. The van der Waals surface area contributed by atoms with Crippen molar-refractivity contribution in [3.8, 4) is 5.75 Å². The van der Waals surface area contributed by atoms with Crippen molar-refractivity contribution in [3.05, 3.63) is 29.8 Å². The van der Waals surface area contributed by atoms with Gasteiger partial charge in [-0.05, 0) is 29.4 Å². The first-order chi connectivity index (χ1) is 7.38. The van der Waals surface area contributed by atoms with Crippen molar-refractivity contribution in [2.45, 2.75) is 41.0 Å². The molecule has 1 aromatic rings. The lowest BCUT2D eigenvalue weighted by atomic mass is 9.88. The van der Waals surface area contributed by atoms with Gasteiger partial charge in [-0.25, -0.2) is 0 Å². The third-order valence-electron chi connectivity index (χ3n) is 2.27. The van der Waals surface area contributed by atoms with Gasteiger partial charge in [-0.1, -0.05) is 52.8 Å². The average molecular weight is 220 g/mol. The lowest BCUT2D eigenvalue weighted by Crippen LogP contribution is -2.12. The van der Waals surface area contributed by atoms with Gasteiger partial charge in [0.05, 0.1) is 6.61 Å². The molecule has 90 valence electrons. The van der Waals surface area contributed by atoms with E-state index in [1.165, 1.54) is 5.56 Å². The molecule has 0 aliphatic carbocycles. The van der Waals surface area contributed by atoms with Crippen LogP contribution in [0.5, 0.6) is 5.75 Å². The minimum absolute atomic E-state index is 0.303. The van der Waals surface area contributed by atoms with E-state index in [1.807, 2.05) is 6.07 Å². The zero-order chi connectivity index (χ0) is 12.2. The topological polar surface area (TPSA) is 9.23 Å². The van der Waals surface area contributed by atoms with E-state index in [0.29, 0.717) is 11.3 Å². The van der Waals surface area contributed by atoms with Crippen molar-refractivity contribution in [3.63, 3.8) is 0 Å². The van der Waals surface area contributed by atoms with E-state index < -0.39 is 0 Å². The molecule has 0 spiro atoms. The maximum atomic E-state index is 5.84. The Morgan fingerprint density at radius 3 is 2.31 bits per heavy atom. The molecule has 0 unspecified atom stereocenters. The molecule has 0 radical (unpaired) electrons. The fourth-order valence-electron chi connectivity index (χ4n) is 1.62. The quantitative estimate of drug-likeness (QED) is 0.734. The van der Waals surface area contributed by atoms with Crippen LogP contribution >= 0.6 is 0 Å². The fraction of sp³-hybridized carbons (Fsp3) is 0.600. The second-order valence-corrected chi connectivity index (χ2v) is 6.05. The standard InChI is InChI=1S/C15H24O/c1-12(2)11-16-14-9-7-6-8-13(14)10-15(3,4)5/h6-9,12H,10-11H2,1-5H3. The van der Waals surface area contributed by atoms with Gasteiger partial charge in [-0.15, -0.1) is 0 Å². The molecule has 0 N–H and O–H groups in total. The predicted octanol–water partition coefficient (Wildman–Crippen LogP) is 4.31. The number of benzene rings is 1. The molecule has 1 heteroatoms. The van der Waals surface area contributed by atoms with Crippen LogP contribution < -0.4 is 4.74 Å². The van der Waals surface area contributed by atoms with Gasteiger partial charge in [0, 0.05) is 0 Å². The van der Waals surface area contributed by atoms with E-state index in [2.05, 4.69) is 52.8 Å². The summed E-state index contributed by atoms with van der Waals surface area (Å²) in [6.07, 6.45) is 1.06. The second kappa shape index (κ2) is 5.38. The Labute approximate surface area is 99.8 Å². The molecule has 0 amide bonds. The maximum absolute atomic E-state index is 5.84. The van der Waals surface area contributed by atoms with Gasteiger partial charge in [0.2, 0.25) is 0 Å². The molecular weight excluding hydrogens is 196 g/mol. The van der Waals surface area contributed by atoms with E-state index in [4.69, 9.17) is 4.74 Å². The van der Waals surface area contributed by atoms with Gasteiger partial charge in [0.25, 0.3) is 0 Å². The number of hydrogen-bond donors (Lipinski definition) is 0. The maximum Gasteiger partial charge on any atom is 0.122 e. The summed E-state index contributed by atoms with van der Waals surface area (Å²) < 4.78 is 5.84. The van der Waals surface area contributed by atoms with Gasteiger partial charge < -0.3 is 4.74 Å². The number of ether oxygens (including phenoxy) is 1. The van der Waals surface area contributed by atoms with Gasteiger partial charge in [0.15, 0.2) is 0 Å². The van der Waals surface area contributed by atoms with Crippen LogP contribution in [-0.2, 0) is 6.42 Å². The molecule has 1 nitrogen and oxygen atoms in total. The first kappa shape index (κ1) is 13.1. The van der Waals surface area contributed by atoms with E-state index in [0.717, 1.165) is 18.8 Å². The lowest BCUT2D eigenvalue weighted by molar-refractivity contribution is 0.265. The Balaban J connectivity index is 2.75. The van der Waals surface area contributed by atoms with E-state index in [-0.39, 0.29) is 0 Å². The summed E-state index contributed by atoms with van der Waals surface area (Å²) in [6.45, 7) is 11.9. The van der Waals surface area contributed by atoms with Crippen molar-refractivity contribution < 1.29 is 4.74 Å². The molecule has 0 bridgehead atoms. The Morgan fingerprint density at radius 2 is 1.75 bits per heavy atom. The highest BCUT2D eigenvalue weighted by Gasteiger charge is 2.14. The Bertz CT molecular complexity index is 320. The molecule has 0 aliphatic heterocycles. The normalized spacial score (nSPS) is 11.9. The van der Waals surface area contributed by atoms with Gasteiger partial charge in [0.1, 0.15) is 5.75 Å². The molecule has 0 aliphatic rings. The molecule has 0 atom stereocenters. The van der Waals surface area contributed by atoms with Crippen LogP contribution in [-0.4, -0.2) is 6.61 Å². The van der Waals surface area contributed by atoms with Gasteiger partial charge in [-0.2, -0.15) is 0 Å². The largest absolute Gasteiger partial charge is 0.493 e. The monoisotopic (exact) mass is 220 g/mol.